The number of rotatable bonds is 12. The molecule has 0 saturated carbocycles. The molecule has 0 unspecified atom stereocenters. The summed E-state index contributed by atoms with van der Waals surface area (Å²) in [6.45, 7) is 5.81. The van der Waals surface area contributed by atoms with E-state index in [2.05, 4.69) is 16.8 Å². The van der Waals surface area contributed by atoms with Crippen LogP contribution in [0.2, 0.25) is 0 Å². The molecule has 0 aromatic heterocycles. The van der Waals surface area contributed by atoms with Crippen molar-refractivity contribution in [2.24, 2.45) is 0 Å². The lowest BCUT2D eigenvalue weighted by Crippen LogP contribution is -2.27. The largest absolute Gasteiger partial charge is 0.497 e. The van der Waals surface area contributed by atoms with Gasteiger partial charge in [-0.1, -0.05) is 18.2 Å². The summed E-state index contributed by atoms with van der Waals surface area (Å²) in [6, 6.07) is 11.3. The van der Waals surface area contributed by atoms with Gasteiger partial charge in [-0.15, -0.1) is 6.58 Å². The second kappa shape index (κ2) is 11.7. The first-order valence-electron chi connectivity index (χ1n) is 9.60. The Bertz CT molecular complexity index is 811. The van der Waals surface area contributed by atoms with Gasteiger partial charge in [-0.25, -0.2) is 0 Å². The van der Waals surface area contributed by atoms with Gasteiger partial charge in [0, 0.05) is 43.9 Å². The Hall–Kier alpha value is -3.19. The highest BCUT2D eigenvalue weighted by atomic mass is 16.5. The zero-order valence-electron chi connectivity index (χ0n) is 18.1. The summed E-state index contributed by atoms with van der Waals surface area (Å²) in [5, 5.41) is 2.90. The average molecular weight is 415 g/mol. The number of anilines is 1. The molecule has 0 radical (unpaired) electrons. The van der Waals surface area contributed by atoms with Gasteiger partial charge in [0.1, 0.15) is 5.75 Å². The van der Waals surface area contributed by atoms with Crippen LogP contribution in [0.15, 0.2) is 49.1 Å². The van der Waals surface area contributed by atoms with Crippen LogP contribution in [0.3, 0.4) is 0 Å². The van der Waals surface area contributed by atoms with Gasteiger partial charge < -0.3 is 24.3 Å². The van der Waals surface area contributed by atoms with Gasteiger partial charge in [0.25, 0.3) is 0 Å². The maximum absolute atomic E-state index is 12.5. The topological polar surface area (TPSA) is 69.3 Å². The minimum Gasteiger partial charge on any atom is -0.497 e. The van der Waals surface area contributed by atoms with E-state index in [1.807, 2.05) is 30.3 Å². The number of hydrogen-bond acceptors (Lipinski definition) is 6. The normalized spacial score (nSPS) is 10.4. The maximum Gasteiger partial charge on any atom is 0.225 e. The van der Waals surface area contributed by atoms with Crippen molar-refractivity contribution in [3.05, 3.63) is 54.6 Å². The third-order valence-electron chi connectivity index (χ3n) is 4.56. The van der Waals surface area contributed by atoms with E-state index in [1.165, 1.54) is 21.3 Å². The molecule has 1 N–H and O–H groups in total. The van der Waals surface area contributed by atoms with E-state index in [9.17, 15) is 4.79 Å². The first-order valence-corrected chi connectivity index (χ1v) is 9.60. The molecule has 1 amide bonds. The van der Waals surface area contributed by atoms with E-state index < -0.39 is 0 Å². The summed E-state index contributed by atoms with van der Waals surface area (Å²) in [6.07, 6.45) is 2.17. The van der Waals surface area contributed by atoms with Crippen LogP contribution < -0.4 is 24.3 Å². The fourth-order valence-electron chi connectivity index (χ4n) is 3.04. The number of nitrogens with zero attached hydrogens (tertiary/aromatic N) is 1. The van der Waals surface area contributed by atoms with E-state index in [0.29, 0.717) is 49.0 Å². The predicted octanol–water partition coefficient (Wildman–Crippen LogP) is 3.74. The minimum atomic E-state index is -0.104. The number of carbonyl (C=O) groups excluding carboxylic acids is 1. The third-order valence-corrected chi connectivity index (χ3v) is 4.56. The fourth-order valence-corrected chi connectivity index (χ4v) is 3.04. The lowest BCUT2D eigenvalue weighted by atomic mass is 10.2. The van der Waals surface area contributed by atoms with Crippen molar-refractivity contribution in [2.75, 3.05) is 46.8 Å². The summed E-state index contributed by atoms with van der Waals surface area (Å²) in [7, 11) is 6.26. The number of nitrogens with one attached hydrogen (secondary N) is 1. The third kappa shape index (κ3) is 6.42. The van der Waals surface area contributed by atoms with Crippen LogP contribution in [-0.2, 0) is 11.3 Å². The quantitative estimate of drug-likeness (QED) is 0.534. The molecule has 7 heteroatoms. The Morgan fingerprint density at radius 2 is 1.63 bits per heavy atom. The molecule has 0 saturated heterocycles. The van der Waals surface area contributed by atoms with Crippen LogP contribution in [0.5, 0.6) is 23.0 Å². The molecule has 0 bridgehead atoms. The highest BCUT2D eigenvalue weighted by molar-refractivity contribution is 5.91. The summed E-state index contributed by atoms with van der Waals surface area (Å²) in [5.74, 6) is 2.17. The Kier molecular flexibility index (Phi) is 9.03. The lowest BCUT2D eigenvalue weighted by Gasteiger charge is -2.21. The van der Waals surface area contributed by atoms with Gasteiger partial charge >= 0.3 is 0 Å². The Labute approximate surface area is 178 Å². The fraction of sp³-hybridized carbons (Fsp3) is 0.348. The Morgan fingerprint density at radius 1 is 1.00 bits per heavy atom. The molecule has 0 aliphatic heterocycles. The van der Waals surface area contributed by atoms with Crippen molar-refractivity contribution in [2.45, 2.75) is 13.0 Å². The number of benzene rings is 2. The van der Waals surface area contributed by atoms with Crippen LogP contribution in [0.1, 0.15) is 12.0 Å². The first-order chi connectivity index (χ1) is 14.5. The molecule has 30 heavy (non-hydrogen) atoms. The minimum absolute atomic E-state index is 0.104. The van der Waals surface area contributed by atoms with Crippen LogP contribution in [0.25, 0.3) is 0 Å². The Morgan fingerprint density at radius 3 is 2.13 bits per heavy atom. The number of ether oxygens (including phenoxy) is 4. The van der Waals surface area contributed by atoms with Crippen molar-refractivity contribution in [1.82, 2.24) is 4.90 Å². The molecule has 0 spiro atoms. The van der Waals surface area contributed by atoms with Crippen LogP contribution in [-0.4, -0.2) is 52.3 Å². The molecule has 2 aromatic carbocycles. The predicted molar refractivity (Wildman–Crippen MR) is 118 cm³/mol. The summed E-state index contributed by atoms with van der Waals surface area (Å²) < 4.78 is 21.2. The smallest absolute Gasteiger partial charge is 0.225 e. The summed E-state index contributed by atoms with van der Waals surface area (Å²) in [5.41, 5.74) is 1.72. The van der Waals surface area contributed by atoms with E-state index in [-0.39, 0.29) is 5.91 Å². The van der Waals surface area contributed by atoms with Crippen molar-refractivity contribution in [3.63, 3.8) is 0 Å². The highest BCUT2D eigenvalue weighted by Crippen LogP contribution is 2.39. The zero-order valence-corrected chi connectivity index (χ0v) is 18.1. The maximum atomic E-state index is 12.5. The lowest BCUT2D eigenvalue weighted by molar-refractivity contribution is -0.116. The number of carbonyl (C=O) groups is 1. The molecule has 2 rings (SSSR count). The molecule has 2 aromatic rings. The van der Waals surface area contributed by atoms with Gasteiger partial charge in [-0.3, -0.25) is 9.69 Å². The molecular weight excluding hydrogens is 384 g/mol. The molecule has 162 valence electrons. The number of amides is 1. The SMILES string of the molecule is C=CCN(CCC(=O)Nc1cc(OC)c(OC)c(OC)c1)Cc1ccc(OC)cc1. The van der Waals surface area contributed by atoms with Gasteiger partial charge in [0.05, 0.1) is 28.4 Å². The molecule has 7 nitrogen and oxygen atoms in total. The summed E-state index contributed by atoms with van der Waals surface area (Å²) >= 11 is 0. The number of methoxy groups -OCH3 is 4. The standard InChI is InChI=1S/C23H30N2O5/c1-6-12-25(16-17-7-9-19(27-2)10-8-17)13-11-22(26)24-18-14-20(28-3)23(30-5)21(15-18)29-4/h6-10,14-15H,1,11-13,16H2,2-5H3,(H,24,26). The molecule has 0 atom stereocenters. The zero-order chi connectivity index (χ0) is 21.9. The van der Waals surface area contributed by atoms with Gasteiger partial charge in [-0.05, 0) is 17.7 Å². The highest BCUT2D eigenvalue weighted by Gasteiger charge is 2.15. The van der Waals surface area contributed by atoms with E-state index in [4.69, 9.17) is 18.9 Å². The van der Waals surface area contributed by atoms with Crippen molar-refractivity contribution >= 4 is 11.6 Å². The molecule has 0 fully saturated rings. The van der Waals surface area contributed by atoms with E-state index in [1.54, 1.807) is 19.2 Å². The van der Waals surface area contributed by atoms with Crippen LogP contribution in [0.4, 0.5) is 5.69 Å². The van der Waals surface area contributed by atoms with Crippen LogP contribution in [0, 0.1) is 0 Å². The van der Waals surface area contributed by atoms with Gasteiger partial charge in [0.15, 0.2) is 11.5 Å². The second-order valence-corrected chi connectivity index (χ2v) is 6.58. The van der Waals surface area contributed by atoms with E-state index >= 15 is 0 Å². The average Bonchev–Trinajstić information content (AvgIpc) is 2.77. The molecular formula is C23H30N2O5. The second-order valence-electron chi connectivity index (χ2n) is 6.58. The molecule has 0 aliphatic carbocycles. The first kappa shape index (κ1) is 23.1. The van der Waals surface area contributed by atoms with Crippen molar-refractivity contribution in [3.8, 4) is 23.0 Å². The Balaban J connectivity index is 1.99. The van der Waals surface area contributed by atoms with Crippen molar-refractivity contribution in [1.29, 1.82) is 0 Å². The monoisotopic (exact) mass is 414 g/mol. The molecule has 0 aliphatic rings. The van der Waals surface area contributed by atoms with Gasteiger partial charge in [0.2, 0.25) is 11.7 Å². The number of hydrogen-bond donors (Lipinski definition) is 1. The molecule has 0 heterocycles. The van der Waals surface area contributed by atoms with E-state index in [0.717, 1.165) is 11.3 Å². The van der Waals surface area contributed by atoms with Crippen molar-refractivity contribution < 1.29 is 23.7 Å². The summed E-state index contributed by atoms with van der Waals surface area (Å²) in [4.78, 5) is 14.7. The van der Waals surface area contributed by atoms with Gasteiger partial charge in [-0.2, -0.15) is 0 Å². The van der Waals surface area contributed by atoms with Crippen LogP contribution >= 0.6 is 0 Å².